The van der Waals surface area contributed by atoms with Gasteiger partial charge in [0.05, 0.1) is 6.20 Å². The van der Waals surface area contributed by atoms with E-state index in [1.54, 1.807) is 23.0 Å². The Morgan fingerprint density at radius 1 is 1.35 bits per heavy atom. The molecule has 0 aliphatic heterocycles. The molecular formula is C13H14FN3. The van der Waals surface area contributed by atoms with Gasteiger partial charge in [0.1, 0.15) is 11.5 Å². The second-order valence-corrected chi connectivity index (χ2v) is 4.41. The summed E-state index contributed by atoms with van der Waals surface area (Å²) in [6, 6.07) is 6.73. The fourth-order valence-corrected chi connectivity index (χ4v) is 2.42. The van der Waals surface area contributed by atoms with Gasteiger partial charge in [0.15, 0.2) is 0 Å². The fourth-order valence-electron chi connectivity index (χ4n) is 2.42. The topological polar surface area (TPSA) is 43.8 Å². The highest BCUT2D eigenvalue weighted by molar-refractivity contribution is 5.38. The lowest BCUT2D eigenvalue weighted by Crippen LogP contribution is -2.18. The number of rotatable bonds is 1. The summed E-state index contributed by atoms with van der Waals surface area (Å²) in [6.07, 6.45) is 4.70. The van der Waals surface area contributed by atoms with Gasteiger partial charge >= 0.3 is 0 Å². The average Bonchev–Trinajstić information content (AvgIpc) is 2.75. The van der Waals surface area contributed by atoms with Crippen LogP contribution in [0.3, 0.4) is 0 Å². The van der Waals surface area contributed by atoms with Crippen LogP contribution in [0.25, 0.3) is 5.69 Å². The van der Waals surface area contributed by atoms with E-state index in [9.17, 15) is 4.39 Å². The van der Waals surface area contributed by atoms with Crippen LogP contribution in [0.2, 0.25) is 0 Å². The van der Waals surface area contributed by atoms with Crippen molar-refractivity contribution < 1.29 is 4.39 Å². The maximum absolute atomic E-state index is 13.7. The van der Waals surface area contributed by atoms with Crippen LogP contribution in [0.4, 0.5) is 4.39 Å². The Morgan fingerprint density at radius 2 is 2.18 bits per heavy atom. The molecular weight excluding hydrogens is 217 g/mol. The van der Waals surface area contributed by atoms with Crippen molar-refractivity contribution in [3.05, 3.63) is 47.5 Å². The quantitative estimate of drug-likeness (QED) is 0.818. The average molecular weight is 231 g/mol. The van der Waals surface area contributed by atoms with E-state index in [-0.39, 0.29) is 11.9 Å². The van der Waals surface area contributed by atoms with E-state index in [2.05, 4.69) is 5.10 Å². The van der Waals surface area contributed by atoms with Crippen LogP contribution < -0.4 is 5.73 Å². The predicted octanol–water partition coefficient (Wildman–Crippen LogP) is 2.35. The van der Waals surface area contributed by atoms with Crippen molar-refractivity contribution >= 4 is 0 Å². The summed E-state index contributed by atoms with van der Waals surface area (Å²) in [4.78, 5) is 0. The molecule has 2 N–H and O–H groups in total. The van der Waals surface area contributed by atoms with Crippen molar-refractivity contribution in [3.63, 3.8) is 0 Å². The summed E-state index contributed by atoms with van der Waals surface area (Å²) in [5.74, 6) is -0.252. The van der Waals surface area contributed by atoms with Gasteiger partial charge in [0, 0.05) is 17.3 Å². The molecule has 1 aromatic carbocycles. The van der Waals surface area contributed by atoms with Gasteiger partial charge in [-0.15, -0.1) is 0 Å². The lowest BCUT2D eigenvalue weighted by molar-refractivity contribution is 0.551. The third kappa shape index (κ3) is 1.65. The fraction of sp³-hybridized carbons (Fsp3) is 0.308. The molecule has 0 spiro atoms. The molecule has 1 aliphatic carbocycles. The Labute approximate surface area is 99.1 Å². The zero-order valence-electron chi connectivity index (χ0n) is 9.44. The molecule has 2 aromatic rings. The van der Waals surface area contributed by atoms with Crippen LogP contribution >= 0.6 is 0 Å². The van der Waals surface area contributed by atoms with Crippen molar-refractivity contribution in [1.29, 1.82) is 0 Å². The summed E-state index contributed by atoms with van der Waals surface area (Å²) in [7, 11) is 0. The van der Waals surface area contributed by atoms with E-state index in [0.29, 0.717) is 5.69 Å². The number of aromatic nitrogens is 2. The van der Waals surface area contributed by atoms with Crippen LogP contribution in [0, 0.1) is 5.82 Å². The van der Waals surface area contributed by atoms with Crippen molar-refractivity contribution in [2.75, 3.05) is 0 Å². The van der Waals surface area contributed by atoms with Crippen LogP contribution in [0.5, 0.6) is 0 Å². The Bertz CT molecular complexity index is 547. The van der Waals surface area contributed by atoms with E-state index < -0.39 is 0 Å². The van der Waals surface area contributed by atoms with Crippen molar-refractivity contribution in [3.8, 4) is 5.69 Å². The van der Waals surface area contributed by atoms with Gasteiger partial charge < -0.3 is 5.73 Å². The van der Waals surface area contributed by atoms with Crippen LogP contribution in [-0.2, 0) is 6.42 Å². The molecule has 4 heteroatoms. The summed E-state index contributed by atoms with van der Waals surface area (Å²) in [6.45, 7) is 0. The second-order valence-electron chi connectivity index (χ2n) is 4.41. The second kappa shape index (κ2) is 3.96. The zero-order valence-corrected chi connectivity index (χ0v) is 9.44. The van der Waals surface area contributed by atoms with Gasteiger partial charge in [-0.05, 0) is 31.4 Å². The molecule has 88 valence electrons. The molecule has 1 atom stereocenters. The largest absolute Gasteiger partial charge is 0.324 e. The number of benzene rings is 1. The third-order valence-corrected chi connectivity index (χ3v) is 3.31. The number of para-hydroxylation sites is 1. The monoisotopic (exact) mass is 231 g/mol. The molecule has 0 radical (unpaired) electrons. The van der Waals surface area contributed by atoms with Gasteiger partial charge in [-0.1, -0.05) is 12.1 Å². The minimum absolute atomic E-state index is 0.0410. The van der Waals surface area contributed by atoms with Gasteiger partial charge in [0.2, 0.25) is 0 Å². The van der Waals surface area contributed by atoms with Crippen LogP contribution in [0.1, 0.15) is 30.1 Å². The Kier molecular flexibility index (Phi) is 2.44. The highest BCUT2D eigenvalue weighted by Gasteiger charge is 2.22. The maximum Gasteiger partial charge on any atom is 0.148 e. The molecule has 1 heterocycles. The van der Waals surface area contributed by atoms with E-state index in [0.717, 1.165) is 30.5 Å². The lowest BCUT2D eigenvalue weighted by Gasteiger charge is -2.19. The summed E-state index contributed by atoms with van der Waals surface area (Å²) >= 11 is 0. The Morgan fingerprint density at radius 3 is 3.00 bits per heavy atom. The zero-order chi connectivity index (χ0) is 11.8. The molecule has 0 saturated heterocycles. The first-order valence-electron chi connectivity index (χ1n) is 5.84. The van der Waals surface area contributed by atoms with E-state index in [4.69, 9.17) is 5.73 Å². The minimum atomic E-state index is -0.252. The van der Waals surface area contributed by atoms with E-state index in [1.165, 1.54) is 6.07 Å². The van der Waals surface area contributed by atoms with Crippen LogP contribution in [-0.4, -0.2) is 9.78 Å². The normalized spacial score (nSPS) is 19.1. The van der Waals surface area contributed by atoms with E-state index in [1.807, 2.05) is 6.07 Å². The number of hydrogen-bond donors (Lipinski definition) is 1. The molecule has 0 unspecified atom stereocenters. The van der Waals surface area contributed by atoms with Gasteiger partial charge in [-0.3, -0.25) is 0 Å². The minimum Gasteiger partial charge on any atom is -0.324 e. The number of nitrogens with two attached hydrogens (primary N) is 1. The van der Waals surface area contributed by atoms with Crippen LogP contribution in [0.15, 0.2) is 30.5 Å². The Balaban J connectivity index is 2.14. The SMILES string of the molecule is N[C@@H]1CCCc2c1cnn2-c1ccccc1F. The highest BCUT2D eigenvalue weighted by Crippen LogP contribution is 2.29. The van der Waals surface area contributed by atoms with Gasteiger partial charge in [0.25, 0.3) is 0 Å². The molecule has 3 nitrogen and oxygen atoms in total. The molecule has 0 fully saturated rings. The smallest absolute Gasteiger partial charge is 0.148 e. The molecule has 17 heavy (non-hydrogen) atoms. The third-order valence-electron chi connectivity index (χ3n) is 3.31. The molecule has 1 aliphatic rings. The summed E-state index contributed by atoms with van der Waals surface area (Å²) < 4.78 is 15.4. The first kappa shape index (κ1) is 10.5. The summed E-state index contributed by atoms with van der Waals surface area (Å²) in [5, 5.41) is 4.28. The molecule has 0 amide bonds. The standard InChI is InChI=1S/C13H14FN3/c14-10-4-1-2-6-13(10)17-12-7-3-5-11(15)9(12)8-16-17/h1-2,4,6,8,11H,3,5,7,15H2/t11-/m1/s1. The van der Waals surface area contributed by atoms with E-state index >= 15 is 0 Å². The number of hydrogen-bond acceptors (Lipinski definition) is 2. The van der Waals surface area contributed by atoms with Crippen molar-refractivity contribution in [2.45, 2.75) is 25.3 Å². The van der Waals surface area contributed by atoms with Crippen molar-refractivity contribution in [1.82, 2.24) is 9.78 Å². The predicted molar refractivity (Wildman–Crippen MR) is 63.4 cm³/mol. The van der Waals surface area contributed by atoms with Gasteiger partial charge in [-0.2, -0.15) is 5.10 Å². The van der Waals surface area contributed by atoms with Gasteiger partial charge in [-0.25, -0.2) is 9.07 Å². The molecule has 0 bridgehead atoms. The Hall–Kier alpha value is -1.68. The summed E-state index contributed by atoms with van der Waals surface area (Å²) in [5.41, 5.74) is 8.64. The molecule has 0 saturated carbocycles. The first-order valence-corrected chi connectivity index (χ1v) is 5.84. The maximum atomic E-state index is 13.7. The van der Waals surface area contributed by atoms with Crippen molar-refractivity contribution in [2.24, 2.45) is 5.73 Å². The highest BCUT2D eigenvalue weighted by atomic mass is 19.1. The first-order chi connectivity index (χ1) is 8.27. The number of nitrogens with zero attached hydrogens (tertiary/aromatic N) is 2. The number of halogens is 1. The molecule has 3 rings (SSSR count). The number of fused-ring (bicyclic) bond motifs is 1. The molecule has 1 aromatic heterocycles. The lowest BCUT2D eigenvalue weighted by atomic mass is 9.94.